The Labute approximate surface area is 157 Å². The van der Waals surface area contributed by atoms with Gasteiger partial charge in [-0.15, -0.1) is 5.10 Å². The van der Waals surface area contributed by atoms with Crippen LogP contribution in [-0.4, -0.2) is 59.9 Å². The second-order valence-corrected chi connectivity index (χ2v) is 9.21. The molecular weight excluding hydrogens is 424 g/mol. The maximum atomic E-state index is 11.9. The van der Waals surface area contributed by atoms with Gasteiger partial charge in [-0.1, -0.05) is 0 Å². The SMILES string of the molecule is O=S1(=O)CCC(n2nc(-c3cncc(Br)c3)nc2CCn2cnnn2)C1. The molecule has 0 amide bonds. The first kappa shape index (κ1) is 17.2. The molecule has 136 valence electrons. The zero-order valence-electron chi connectivity index (χ0n) is 13.6. The van der Waals surface area contributed by atoms with Crippen LogP contribution in [0.4, 0.5) is 0 Å². The fourth-order valence-electron chi connectivity index (χ4n) is 2.94. The Morgan fingerprint density at radius 3 is 2.88 bits per heavy atom. The van der Waals surface area contributed by atoms with E-state index in [2.05, 4.69) is 46.5 Å². The molecule has 1 unspecified atom stereocenters. The third kappa shape index (κ3) is 3.65. The van der Waals surface area contributed by atoms with E-state index in [1.807, 2.05) is 6.07 Å². The molecule has 10 nitrogen and oxygen atoms in total. The predicted molar refractivity (Wildman–Crippen MR) is 94.8 cm³/mol. The average molecular weight is 439 g/mol. The molecule has 4 heterocycles. The van der Waals surface area contributed by atoms with Crippen LogP contribution in [0.5, 0.6) is 0 Å². The van der Waals surface area contributed by atoms with Gasteiger partial charge in [-0.25, -0.2) is 22.8 Å². The lowest BCUT2D eigenvalue weighted by Gasteiger charge is -2.11. The van der Waals surface area contributed by atoms with Gasteiger partial charge in [-0.05, 0) is 38.8 Å². The number of sulfone groups is 1. The summed E-state index contributed by atoms with van der Waals surface area (Å²) in [5.74, 6) is 1.50. The molecule has 12 heteroatoms. The Kier molecular flexibility index (Phi) is 4.53. The second kappa shape index (κ2) is 6.83. The molecule has 4 rings (SSSR count). The summed E-state index contributed by atoms with van der Waals surface area (Å²) in [5.41, 5.74) is 0.766. The van der Waals surface area contributed by atoms with Gasteiger partial charge in [-0.2, -0.15) is 5.10 Å². The summed E-state index contributed by atoms with van der Waals surface area (Å²) in [6.45, 7) is 0.529. The van der Waals surface area contributed by atoms with Crippen molar-refractivity contribution >= 4 is 25.8 Å². The van der Waals surface area contributed by atoms with Crippen LogP contribution in [0.25, 0.3) is 11.4 Å². The minimum absolute atomic E-state index is 0.0877. The van der Waals surface area contributed by atoms with Crippen molar-refractivity contribution in [1.29, 1.82) is 0 Å². The van der Waals surface area contributed by atoms with E-state index in [4.69, 9.17) is 0 Å². The molecule has 26 heavy (non-hydrogen) atoms. The lowest BCUT2D eigenvalue weighted by molar-refractivity contribution is 0.463. The van der Waals surface area contributed by atoms with E-state index in [-0.39, 0.29) is 17.5 Å². The molecule has 0 bridgehead atoms. The number of aromatic nitrogens is 8. The molecule has 1 aliphatic heterocycles. The highest BCUT2D eigenvalue weighted by Crippen LogP contribution is 2.27. The normalized spacial score (nSPS) is 19.0. The average Bonchev–Trinajstić information content (AvgIpc) is 3.32. The molecule has 0 spiro atoms. The summed E-state index contributed by atoms with van der Waals surface area (Å²) in [6.07, 6.45) is 5.97. The molecule has 0 aliphatic carbocycles. The van der Waals surface area contributed by atoms with E-state index in [0.717, 1.165) is 10.0 Å². The lowest BCUT2D eigenvalue weighted by atomic mass is 10.2. The first-order valence-electron chi connectivity index (χ1n) is 7.98. The van der Waals surface area contributed by atoms with E-state index >= 15 is 0 Å². The van der Waals surface area contributed by atoms with Gasteiger partial charge in [0, 0.05) is 28.9 Å². The maximum Gasteiger partial charge on any atom is 0.182 e. The van der Waals surface area contributed by atoms with Crippen molar-refractivity contribution in [3.63, 3.8) is 0 Å². The minimum Gasteiger partial charge on any atom is -0.263 e. The van der Waals surface area contributed by atoms with Gasteiger partial charge in [0.1, 0.15) is 12.2 Å². The van der Waals surface area contributed by atoms with Crippen LogP contribution in [0.2, 0.25) is 0 Å². The zero-order valence-corrected chi connectivity index (χ0v) is 16.0. The Balaban J connectivity index is 1.67. The highest BCUT2D eigenvalue weighted by atomic mass is 79.9. The molecule has 1 fully saturated rings. The molecule has 0 radical (unpaired) electrons. The standard InChI is InChI=1S/C14H15BrN8O2S/c15-11-5-10(6-16-7-11)14-18-13(1-3-22-9-17-20-21-22)23(19-14)12-2-4-26(24,25)8-12/h5-7,9,12H,1-4,8H2. The van der Waals surface area contributed by atoms with E-state index in [9.17, 15) is 8.42 Å². The third-order valence-electron chi connectivity index (χ3n) is 4.18. The van der Waals surface area contributed by atoms with E-state index in [1.165, 1.54) is 6.33 Å². The molecule has 1 atom stereocenters. The Bertz CT molecular complexity index is 1020. The fourth-order valence-corrected chi connectivity index (χ4v) is 5.00. The molecular formula is C14H15BrN8O2S. The van der Waals surface area contributed by atoms with Gasteiger partial charge in [-0.3, -0.25) is 4.98 Å². The van der Waals surface area contributed by atoms with Crippen molar-refractivity contribution in [2.75, 3.05) is 11.5 Å². The van der Waals surface area contributed by atoms with Gasteiger partial charge < -0.3 is 0 Å². The number of nitrogens with zero attached hydrogens (tertiary/aromatic N) is 8. The Morgan fingerprint density at radius 2 is 2.19 bits per heavy atom. The number of tetrazole rings is 1. The summed E-state index contributed by atoms with van der Waals surface area (Å²) in [7, 11) is -3.03. The summed E-state index contributed by atoms with van der Waals surface area (Å²) in [5, 5.41) is 15.7. The van der Waals surface area contributed by atoms with E-state index in [1.54, 1.807) is 21.8 Å². The lowest BCUT2D eigenvalue weighted by Crippen LogP contribution is -2.17. The minimum atomic E-state index is -3.03. The van der Waals surface area contributed by atoms with E-state index in [0.29, 0.717) is 31.0 Å². The molecule has 0 saturated carbocycles. The van der Waals surface area contributed by atoms with Crippen LogP contribution in [0.3, 0.4) is 0 Å². The molecule has 3 aromatic heterocycles. The van der Waals surface area contributed by atoms with Crippen LogP contribution < -0.4 is 0 Å². The number of halogens is 1. The van der Waals surface area contributed by atoms with Crippen LogP contribution in [-0.2, 0) is 22.8 Å². The Hall–Kier alpha value is -2.21. The number of pyridine rings is 1. The number of hydrogen-bond acceptors (Lipinski definition) is 8. The van der Waals surface area contributed by atoms with E-state index < -0.39 is 9.84 Å². The van der Waals surface area contributed by atoms with Crippen molar-refractivity contribution in [2.45, 2.75) is 25.4 Å². The smallest absolute Gasteiger partial charge is 0.182 e. The number of hydrogen-bond donors (Lipinski definition) is 0. The van der Waals surface area contributed by atoms with Crippen LogP contribution >= 0.6 is 15.9 Å². The van der Waals surface area contributed by atoms with Crippen molar-refractivity contribution in [1.82, 2.24) is 40.0 Å². The summed E-state index contributed by atoms with van der Waals surface area (Å²) < 4.78 is 27.9. The van der Waals surface area contributed by atoms with Gasteiger partial charge >= 0.3 is 0 Å². The topological polar surface area (TPSA) is 121 Å². The maximum absolute atomic E-state index is 11.9. The summed E-state index contributed by atoms with van der Waals surface area (Å²) in [4.78, 5) is 8.77. The molecule has 1 aliphatic rings. The molecule has 0 N–H and O–H groups in total. The van der Waals surface area contributed by atoms with Gasteiger partial charge in [0.15, 0.2) is 15.7 Å². The fraction of sp³-hybridized carbons (Fsp3) is 0.429. The van der Waals surface area contributed by atoms with Gasteiger partial charge in [0.2, 0.25) is 0 Å². The van der Waals surface area contributed by atoms with Gasteiger partial charge in [0.05, 0.1) is 24.1 Å². The molecule has 3 aromatic rings. The van der Waals surface area contributed by atoms with Crippen molar-refractivity contribution < 1.29 is 8.42 Å². The summed E-state index contributed by atoms with van der Waals surface area (Å²) >= 11 is 3.39. The summed E-state index contributed by atoms with van der Waals surface area (Å²) in [6, 6.07) is 1.67. The van der Waals surface area contributed by atoms with Crippen LogP contribution in [0.1, 0.15) is 18.3 Å². The quantitative estimate of drug-likeness (QED) is 0.569. The first-order chi connectivity index (χ1) is 12.5. The first-order valence-corrected chi connectivity index (χ1v) is 10.6. The number of aryl methyl sites for hydroxylation is 2. The largest absolute Gasteiger partial charge is 0.263 e. The zero-order chi connectivity index (χ0) is 18.1. The van der Waals surface area contributed by atoms with Crippen LogP contribution in [0.15, 0.2) is 29.3 Å². The van der Waals surface area contributed by atoms with Crippen molar-refractivity contribution in [3.8, 4) is 11.4 Å². The van der Waals surface area contributed by atoms with Crippen molar-refractivity contribution in [3.05, 3.63) is 35.1 Å². The highest BCUT2D eigenvalue weighted by molar-refractivity contribution is 9.10. The van der Waals surface area contributed by atoms with Gasteiger partial charge in [0.25, 0.3) is 0 Å². The third-order valence-corrected chi connectivity index (χ3v) is 6.36. The highest BCUT2D eigenvalue weighted by Gasteiger charge is 2.32. The predicted octanol–water partition coefficient (Wildman–Crippen LogP) is 0.691. The van der Waals surface area contributed by atoms with Crippen molar-refractivity contribution in [2.24, 2.45) is 0 Å². The second-order valence-electron chi connectivity index (χ2n) is 6.07. The molecule has 0 aromatic carbocycles. The molecule has 1 saturated heterocycles. The van der Waals surface area contributed by atoms with Crippen LogP contribution in [0, 0.1) is 0 Å². The number of rotatable bonds is 5. The Morgan fingerprint density at radius 1 is 1.31 bits per heavy atom. The monoisotopic (exact) mass is 438 g/mol.